The van der Waals surface area contributed by atoms with Crippen molar-refractivity contribution in [3.8, 4) is 0 Å². The number of anilines is 1. The van der Waals surface area contributed by atoms with E-state index in [4.69, 9.17) is 0 Å². The molecule has 3 heterocycles. The number of carbonyl (C=O) groups is 1. The minimum absolute atomic E-state index is 0.00848. The van der Waals surface area contributed by atoms with Crippen molar-refractivity contribution in [2.45, 2.75) is 51.6 Å². The van der Waals surface area contributed by atoms with Crippen LogP contribution in [0.5, 0.6) is 0 Å². The summed E-state index contributed by atoms with van der Waals surface area (Å²) >= 11 is 0. The molecule has 29 heavy (non-hydrogen) atoms. The van der Waals surface area contributed by atoms with Gasteiger partial charge in [-0.15, -0.1) is 0 Å². The van der Waals surface area contributed by atoms with Gasteiger partial charge >= 0.3 is 0 Å². The number of carbonyl (C=O) groups excluding carboxylic acids is 1. The molecule has 3 rings (SSSR count). The predicted molar refractivity (Wildman–Crippen MR) is 112 cm³/mol. The summed E-state index contributed by atoms with van der Waals surface area (Å²) in [5.41, 5.74) is 0.794. The monoisotopic (exact) mass is 424 g/mol. The largest absolute Gasteiger partial charge is 0.363 e. The van der Waals surface area contributed by atoms with Gasteiger partial charge in [-0.3, -0.25) is 4.79 Å². The topological polar surface area (TPSA) is 89.9 Å². The van der Waals surface area contributed by atoms with Gasteiger partial charge in [0.05, 0.1) is 12.2 Å². The summed E-state index contributed by atoms with van der Waals surface area (Å²) < 4.78 is 28.4. The van der Waals surface area contributed by atoms with Crippen LogP contribution in [0.4, 0.5) is 5.82 Å². The van der Waals surface area contributed by atoms with Crippen molar-refractivity contribution in [2.24, 2.45) is 0 Å². The van der Waals surface area contributed by atoms with Crippen LogP contribution in [0.15, 0.2) is 6.07 Å². The maximum atomic E-state index is 12.8. The highest BCUT2D eigenvalue weighted by atomic mass is 32.2. The molecule has 1 aromatic heterocycles. The third-order valence-electron chi connectivity index (χ3n) is 5.59. The molecule has 1 atom stereocenters. The third-order valence-corrected chi connectivity index (χ3v) is 7.52. The first kappa shape index (κ1) is 21.9. The Labute approximate surface area is 173 Å². The molecule has 0 aliphatic carbocycles. The minimum atomic E-state index is -3.52. The highest BCUT2D eigenvalue weighted by Gasteiger charge is 2.34. The molecular weight excluding hydrogens is 392 g/mol. The molecule has 0 N–H and O–H groups in total. The summed E-state index contributed by atoms with van der Waals surface area (Å²) in [7, 11) is 1.83. The van der Waals surface area contributed by atoms with Crippen LogP contribution in [0.25, 0.3) is 0 Å². The van der Waals surface area contributed by atoms with E-state index in [0.717, 1.165) is 18.5 Å². The fourth-order valence-electron chi connectivity index (χ4n) is 3.84. The summed E-state index contributed by atoms with van der Waals surface area (Å²) in [5.74, 6) is 1.29. The van der Waals surface area contributed by atoms with Gasteiger partial charge < -0.3 is 9.80 Å². The smallest absolute Gasteiger partial charge is 0.282 e. The van der Waals surface area contributed by atoms with Crippen LogP contribution in [0, 0.1) is 0 Å². The number of rotatable bonds is 7. The Bertz CT molecular complexity index is 852. The van der Waals surface area contributed by atoms with Crippen molar-refractivity contribution in [3.05, 3.63) is 17.6 Å². The Balaban J connectivity index is 1.85. The minimum Gasteiger partial charge on any atom is -0.363 e. The summed E-state index contributed by atoms with van der Waals surface area (Å²) in [5, 5.41) is 0. The lowest BCUT2D eigenvalue weighted by Crippen LogP contribution is -2.40. The quantitative estimate of drug-likeness (QED) is 0.650. The van der Waals surface area contributed by atoms with Crippen molar-refractivity contribution in [3.63, 3.8) is 0 Å². The number of hydrogen-bond acceptors (Lipinski definition) is 6. The molecule has 0 spiro atoms. The molecule has 9 nitrogen and oxygen atoms in total. The van der Waals surface area contributed by atoms with E-state index in [9.17, 15) is 13.2 Å². The molecule has 0 aromatic carbocycles. The number of hydrogen-bond donors (Lipinski definition) is 0. The lowest BCUT2D eigenvalue weighted by Gasteiger charge is -2.24. The van der Waals surface area contributed by atoms with Gasteiger partial charge in [-0.2, -0.15) is 17.0 Å². The predicted octanol–water partition coefficient (Wildman–Crippen LogP) is 1.04. The summed E-state index contributed by atoms with van der Waals surface area (Å²) in [6.45, 7) is 5.87. The van der Waals surface area contributed by atoms with Crippen molar-refractivity contribution >= 4 is 21.9 Å². The molecule has 2 saturated heterocycles. The van der Waals surface area contributed by atoms with Gasteiger partial charge in [0.15, 0.2) is 0 Å². The van der Waals surface area contributed by atoms with E-state index in [1.165, 1.54) is 8.61 Å². The van der Waals surface area contributed by atoms with Crippen molar-refractivity contribution < 1.29 is 13.2 Å². The molecule has 0 saturated carbocycles. The van der Waals surface area contributed by atoms with Crippen LogP contribution in [0.1, 0.15) is 50.5 Å². The SMILES string of the molecule is CC(C)N1C[C@H](c2cc(N(C)C)nc(CN(C)S(=O)(=O)N3CCCC3)n2)CC1=O. The molecule has 2 aliphatic rings. The Morgan fingerprint density at radius 3 is 2.38 bits per heavy atom. The van der Waals surface area contributed by atoms with E-state index in [0.29, 0.717) is 37.7 Å². The van der Waals surface area contributed by atoms with Crippen LogP contribution in [-0.2, 0) is 21.5 Å². The molecule has 1 amide bonds. The van der Waals surface area contributed by atoms with E-state index in [1.807, 2.05) is 43.8 Å². The zero-order chi connectivity index (χ0) is 21.3. The van der Waals surface area contributed by atoms with E-state index in [2.05, 4.69) is 9.97 Å². The first-order valence-electron chi connectivity index (χ1n) is 10.2. The summed E-state index contributed by atoms with van der Waals surface area (Å²) in [6, 6.07) is 2.05. The molecule has 2 aliphatic heterocycles. The van der Waals surface area contributed by atoms with Gasteiger partial charge in [0.2, 0.25) is 5.91 Å². The van der Waals surface area contributed by atoms with Crippen LogP contribution < -0.4 is 4.90 Å². The number of aromatic nitrogens is 2. The van der Waals surface area contributed by atoms with Gasteiger partial charge in [0, 0.05) is 65.2 Å². The lowest BCUT2D eigenvalue weighted by molar-refractivity contribution is -0.129. The first-order valence-corrected chi connectivity index (χ1v) is 11.6. The van der Waals surface area contributed by atoms with Gasteiger partial charge in [-0.25, -0.2) is 9.97 Å². The normalized spacial score (nSPS) is 21.0. The van der Waals surface area contributed by atoms with Crippen LogP contribution in [0.3, 0.4) is 0 Å². The zero-order valence-corrected chi connectivity index (χ0v) is 18.8. The fourth-order valence-corrected chi connectivity index (χ4v) is 5.23. The number of nitrogens with zero attached hydrogens (tertiary/aromatic N) is 6. The first-order chi connectivity index (χ1) is 13.6. The standard InChI is InChI=1S/C19H32N6O3S/c1-14(2)25-12-15(10-19(25)26)16-11-18(22(3)4)21-17(20-16)13-23(5)29(27,28)24-8-6-7-9-24/h11,14-15H,6-10,12-13H2,1-5H3/t15-/m1/s1. The molecule has 2 fully saturated rings. The molecule has 0 radical (unpaired) electrons. The van der Waals surface area contributed by atoms with Gasteiger partial charge in [0.1, 0.15) is 11.6 Å². The highest BCUT2D eigenvalue weighted by molar-refractivity contribution is 7.86. The van der Waals surface area contributed by atoms with Gasteiger partial charge in [0.25, 0.3) is 10.2 Å². The highest BCUT2D eigenvalue weighted by Crippen LogP contribution is 2.30. The average Bonchev–Trinajstić information content (AvgIpc) is 3.31. The molecule has 0 bridgehead atoms. The molecule has 162 valence electrons. The van der Waals surface area contributed by atoms with E-state index in [1.54, 1.807) is 7.05 Å². The van der Waals surface area contributed by atoms with E-state index >= 15 is 0 Å². The molecular formula is C19H32N6O3S. The number of amides is 1. The van der Waals surface area contributed by atoms with Gasteiger partial charge in [-0.05, 0) is 26.7 Å². The van der Waals surface area contributed by atoms with E-state index < -0.39 is 10.2 Å². The Kier molecular flexibility index (Phi) is 6.45. The van der Waals surface area contributed by atoms with Gasteiger partial charge in [-0.1, -0.05) is 0 Å². The third kappa shape index (κ3) is 4.70. The molecule has 1 aromatic rings. The Morgan fingerprint density at radius 1 is 1.17 bits per heavy atom. The molecule has 0 unspecified atom stereocenters. The van der Waals surface area contributed by atoms with Crippen LogP contribution >= 0.6 is 0 Å². The van der Waals surface area contributed by atoms with Crippen molar-refractivity contribution in [1.29, 1.82) is 0 Å². The number of likely N-dealkylation sites (tertiary alicyclic amines) is 1. The van der Waals surface area contributed by atoms with Crippen molar-refractivity contribution in [1.82, 2.24) is 23.5 Å². The Morgan fingerprint density at radius 2 is 1.83 bits per heavy atom. The summed E-state index contributed by atoms with van der Waals surface area (Å²) in [6.07, 6.45) is 2.21. The second-order valence-electron chi connectivity index (χ2n) is 8.37. The molecule has 10 heteroatoms. The lowest BCUT2D eigenvalue weighted by atomic mass is 10.0. The van der Waals surface area contributed by atoms with E-state index in [-0.39, 0.29) is 24.4 Å². The zero-order valence-electron chi connectivity index (χ0n) is 18.0. The maximum Gasteiger partial charge on any atom is 0.282 e. The fraction of sp³-hybridized carbons (Fsp3) is 0.737. The maximum absolute atomic E-state index is 12.8. The van der Waals surface area contributed by atoms with Crippen LogP contribution in [-0.4, -0.2) is 84.6 Å². The van der Waals surface area contributed by atoms with Crippen molar-refractivity contribution in [2.75, 3.05) is 45.7 Å². The second kappa shape index (κ2) is 8.53. The van der Waals surface area contributed by atoms with Crippen LogP contribution in [0.2, 0.25) is 0 Å². The summed E-state index contributed by atoms with van der Waals surface area (Å²) in [4.78, 5) is 25.3. The second-order valence-corrected chi connectivity index (χ2v) is 10.4. The Hall–Kier alpha value is -1.78. The average molecular weight is 425 g/mol.